The number of hydrogen-bond acceptors (Lipinski definition) is 6. The monoisotopic (exact) mass is 387 g/mol. The van der Waals surface area contributed by atoms with Crippen LogP contribution in [0.2, 0.25) is 0 Å². The van der Waals surface area contributed by atoms with Crippen LogP contribution < -0.4 is 5.73 Å². The van der Waals surface area contributed by atoms with Crippen molar-refractivity contribution in [1.82, 2.24) is 20.0 Å². The normalized spacial score (nSPS) is 12.9. The van der Waals surface area contributed by atoms with Gasteiger partial charge < -0.3 is 15.3 Å². The van der Waals surface area contributed by atoms with Crippen LogP contribution in [-0.2, 0) is 5.60 Å². The van der Waals surface area contributed by atoms with Crippen molar-refractivity contribution < 1.29 is 14.3 Å². The number of carbonyl (C=O) groups excluding carboxylic acids is 1. The van der Waals surface area contributed by atoms with Crippen LogP contribution in [0.5, 0.6) is 0 Å². The summed E-state index contributed by atoms with van der Waals surface area (Å²) in [6, 6.07) is 14.6. The van der Waals surface area contributed by atoms with E-state index in [1.807, 2.05) is 30.3 Å². The SMILES string of the molecule is Cc1nnc(C(C)(O)C#Cc2cccc(-n3nc(C(N)=O)c4ccccc43)c2)o1. The van der Waals surface area contributed by atoms with Gasteiger partial charge in [0.25, 0.3) is 11.8 Å². The van der Waals surface area contributed by atoms with Gasteiger partial charge in [0, 0.05) is 17.9 Å². The average molecular weight is 387 g/mol. The van der Waals surface area contributed by atoms with E-state index >= 15 is 0 Å². The van der Waals surface area contributed by atoms with Crippen LogP contribution in [0.25, 0.3) is 16.6 Å². The third kappa shape index (κ3) is 3.47. The first-order chi connectivity index (χ1) is 13.8. The molecule has 2 heterocycles. The highest BCUT2D eigenvalue weighted by Crippen LogP contribution is 2.23. The van der Waals surface area contributed by atoms with Gasteiger partial charge in [-0.2, -0.15) is 5.10 Å². The minimum absolute atomic E-state index is 0.0304. The lowest BCUT2D eigenvalue weighted by Gasteiger charge is -2.10. The molecular formula is C21H17N5O3. The van der Waals surface area contributed by atoms with Gasteiger partial charge in [-0.3, -0.25) is 4.79 Å². The van der Waals surface area contributed by atoms with E-state index in [0.29, 0.717) is 22.5 Å². The van der Waals surface area contributed by atoms with Crippen molar-refractivity contribution in [2.45, 2.75) is 19.4 Å². The third-order valence-electron chi connectivity index (χ3n) is 4.30. The number of aromatic nitrogens is 4. The first-order valence-electron chi connectivity index (χ1n) is 8.79. The summed E-state index contributed by atoms with van der Waals surface area (Å²) in [6.07, 6.45) is 0. The minimum Gasteiger partial charge on any atom is -0.421 e. The molecule has 0 fully saturated rings. The fourth-order valence-corrected chi connectivity index (χ4v) is 2.90. The molecule has 1 unspecified atom stereocenters. The molecule has 0 saturated carbocycles. The molecule has 4 rings (SSSR count). The first-order valence-corrected chi connectivity index (χ1v) is 8.79. The van der Waals surface area contributed by atoms with Crippen LogP contribution in [-0.4, -0.2) is 31.0 Å². The summed E-state index contributed by atoms with van der Waals surface area (Å²) in [5.41, 5.74) is 6.17. The maximum atomic E-state index is 11.8. The average Bonchev–Trinajstić information content (AvgIpc) is 3.31. The quantitative estimate of drug-likeness (QED) is 0.519. The molecule has 29 heavy (non-hydrogen) atoms. The van der Waals surface area contributed by atoms with Crippen molar-refractivity contribution in [1.29, 1.82) is 0 Å². The molecule has 1 atom stereocenters. The molecule has 1 amide bonds. The highest BCUT2D eigenvalue weighted by Gasteiger charge is 2.27. The molecule has 0 bridgehead atoms. The van der Waals surface area contributed by atoms with Crippen LogP contribution in [0.15, 0.2) is 52.9 Å². The Morgan fingerprint density at radius 1 is 1.21 bits per heavy atom. The Balaban J connectivity index is 1.75. The third-order valence-corrected chi connectivity index (χ3v) is 4.30. The number of aryl methyl sites for hydroxylation is 1. The van der Waals surface area contributed by atoms with E-state index in [2.05, 4.69) is 27.1 Å². The molecule has 3 N–H and O–H groups in total. The van der Waals surface area contributed by atoms with Gasteiger partial charge in [0.1, 0.15) is 0 Å². The lowest BCUT2D eigenvalue weighted by atomic mass is 10.1. The van der Waals surface area contributed by atoms with Gasteiger partial charge in [0.2, 0.25) is 11.5 Å². The van der Waals surface area contributed by atoms with Crippen LogP contribution in [0.3, 0.4) is 0 Å². The van der Waals surface area contributed by atoms with Crippen molar-refractivity contribution in [3.8, 4) is 17.5 Å². The number of primary amides is 1. The molecule has 0 saturated heterocycles. The molecule has 2 aromatic heterocycles. The van der Waals surface area contributed by atoms with Gasteiger partial charge in [0.05, 0.1) is 11.2 Å². The molecular weight excluding hydrogens is 370 g/mol. The predicted octanol–water partition coefficient (Wildman–Crippen LogP) is 2.08. The van der Waals surface area contributed by atoms with Crippen LogP contribution in [0, 0.1) is 18.8 Å². The highest BCUT2D eigenvalue weighted by molar-refractivity contribution is 6.04. The Labute approximate surface area is 166 Å². The molecule has 8 nitrogen and oxygen atoms in total. The fourth-order valence-electron chi connectivity index (χ4n) is 2.90. The van der Waals surface area contributed by atoms with Crippen molar-refractivity contribution in [3.05, 3.63) is 71.6 Å². The lowest BCUT2D eigenvalue weighted by Crippen LogP contribution is -2.19. The van der Waals surface area contributed by atoms with E-state index < -0.39 is 11.5 Å². The summed E-state index contributed by atoms with van der Waals surface area (Å²) < 4.78 is 6.91. The number of amides is 1. The van der Waals surface area contributed by atoms with Crippen molar-refractivity contribution >= 4 is 16.8 Å². The van der Waals surface area contributed by atoms with E-state index in [1.54, 1.807) is 29.8 Å². The van der Waals surface area contributed by atoms with Gasteiger partial charge >= 0.3 is 0 Å². The molecule has 144 valence electrons. The summed E-state index contributed by atoms with van der Waals surface area (Å²) >= 11 is 0. The Hall–Kier alpha value is -3.96. The van der Waals surface area contributed by atoms with Gasteiger partial charge in [0.15, 0.2) is 5.69 Å². The number of rotatable bonds is 3. The zero-order valence-corrected chi connectivity index (χ0v) is 15.7. The number of para-hydroxylation sites is 1. The summed E-state index contributed by atoms with van der Waals surface area (Å²) in [6.45, 7) is 3.12. The van der Waals surface area contributed by atoms with E-state index in [9.17, 15) is 9.90 Å². The standard InChI is InChI=1S/C21H17N5O3/c1-13-23-24-20(29-13)21(2,28)11-10-14-6-5-7-15(12-14)26-17-9-4-3-8-16(17)18(25-26)19(22)27/h3-9,12,28H,1-2H3,(H2,22,27). The topological polar surface area (TPSA) is 120 Å². The molecule has 0 radical (unpaired) electrons. The molecule has 0 aliphatic heterocycles. The van der Waals surface area contributed by atoms with Gasteiger partial charge in [-0.15, -0.1) is 10.2 Å². The van der Waals surface area contributed by atoms with Gasteiger partial charge in [-0.05, 0) is 31.2 Å². The van der Waals surface area contributed by atoms with Crippen molar-refractivity contribution in [2.75, 3.05) is 0 Å². The van der Waals surface area contributed by atoms with Crippen LogP contribution >= 0.6 is 0 Å². The minimum atomic E-state index is -1.59. The zero-order chi connectivity index (χ0) is 20.6. The number of nitrogens with zero attached hydrogens (tertiary/aromatic N) is 4. The second-order valence-corrected chi connectivity index (χ2v) is 6.64. The van der Waals surface area contributed by atoms with Crippen molar-refractivity contribution in [2.24, 2.45) is 5.73 Å². The van der Waals surface area contributed by atoms with E-state index in [-0.39, 0.29) is 11.6 Å². The Morgan fingerprint density at radius 3 is 2.72 bits per heavy atom. The predicted molar refractivity (Wildman–Crippen MR) is 105 cm³/mol. The fraction of sp³-hybridized carbons (Fsp3) is 0.143. The maximum absolute atomic E-state index is 11.8. The Kier molecular flexibility index (Phi) is 4.37. The summed E-state index contributed by atoms with van der Waals surface area (Å²) in [5, 5.41) is 23.1. The second-order valence-electron chi connectivity index (χ2n) is 6.64. The van der Waals surface area contributed by atoms with Crippen LogP contribution in [0.4, 0.5) is 0 Å². The van der Waals surface area contributed by atoms with Gasteiger partial charge in [-0.1, -0.05) is 36.1 Å². The number of carbonyl (C=O) groups is 1. The smallest absolute Gasteiger partial charge is 0.269 e. The number of aliphatic hydroxyl groups is 1. The van der Waals surface area contributed by atoms with E-state index in [4.69, 9.17) is 10.2 Å². The Bertz CT molecular complexity index is 1290. The van der Waals surface area contributed by atoms with Crippen LogP contribution in [0.1, 0.15) is 34.8 Å². The first kappa shape index (κ1) is 18.4. The number of benzene rings is 2. The van der Waals surface area contributed by atoms with Crippen molar-refractivity contribution in [3.63, 3.8) is 0 Å². The lowest BCUT2D eigenvalue weighted by molar-refractivity contribution is 0.0881. The summed E-state index contributed by atoms with van der Waals surface area (Å²) in [5.74, 6) is 5.45. The molecule has 4 aromatic rings. The molecule has 0 spiro atoms. The van der Waals surface area contributed by atoms with Gasteiger partial charge in [-0.25, -0.2) is 4.68 Å². The summed E-state index contributed by atoms with van der Waals surface area (Å²) in [7, 11) is 0. The Morgan fingerprint density at radius 2 is 2.00 bits per heavy atom. The van der Waals surface area contributed by atoms with E-state index in [0.717, 1.165) is 5.52 Å². The molecule has 0 aliphatic carbocycles. The second kappa shape index (κ2) is 6.89. The zero-order valence-electron chi connectivity index (χ0n) is 15.7. The molecule has 2 aromatic carbocycles. The van der Waals surface area contributed by atoms with E-state index in [1.165, 1.54) is 6.92 Å². The number of nitrogens with two attached hydrogens (primary N) is 1. The summed E-state index contributed by atoms with van der Waals surface area (Å²) in [4.78, 5) is 11.8. The number of fused-ring (bicyclic) bond motifs is 1. The molecule has 8 heteroatoms. The largest absolute Gasteiger partial charge is 0.421 e. The molecule has 0 aliphatic rings. The number of hydrogen-bond donors (Lipinski definition) is 2. The maximum Gasteiger partial charge on any atom is 0.269 e. The highest BCUT2D eigenvalue weighted by atomic mass is 16.4.